The molecule has 0 fully saturated rings. The summed E-state index contributed by atoms with van der Waals surface area (Å²) in [4.78, 5) is 9.44. The van der Waals surface area contributed by atoms with Gasteiger partial charge in [-0.25, -0.2) is 0 Å². The third-order valence-electron chi connectivity index (χ3n) is 9.57. The van der Waals surface area contributed by atoms with Crippen molar-refractivity contribution in [2.45, 2.75) is 27.7 Å². The Balaban J connectivity index is 0.00000249. The second-order valence-corrected chi connectivity index (χ2v) is 13.7. The van der Waals surface area contributed by atoms with E-state index in [2.05, 4.69) is 172 Å². The first kappa shape index (κ1) is 38.6. The van der Waals surface area contributed by atoms with Crippen molar-refractivity contribution in [2.24, 2.45) is 0 Å². The normalized spacial score (nSPS) is 10.7. The minimum atomic E-state index is 0. The summed E-state index contributed by atoms with van der Waals surface area (Å²) in [6.07, 6.45) is 3.80. The van der Waals surface area contributed by atoms with Gasteiger partial charge in [0.2, 0.25) is 0 Å². The van der Waals surface area contributed by atoms with Gasteiger partial charge in [0, 0.05) is 52.6 Å². The molecule has 2 heterocycles. The molecule has 4 heteroatoms. The van der Waals surface area contributed by atoms with Crippen LogP contribution < -0.4 is 0 Å². The van der Waals surface area contributed by atoms with E-state index in [1.165, 1.54) is 50.1 Å². The summed E-state index contributed by atoms with van der Waals surface area (Å²) in [6, 6.07) is 58.7. The molecule has 0 N–H and O–H groups in total. The molecule has 0 aliphatic heterocycles. The van der Waals surface area contributed by atoms with E-state index in [-0.39, 0.29) is 40.2 Å². The van der Waals surface area contributed by atoms with Gasteiger partial charge in [-0.2, -0.15) is 0 Å². The van der Waals surface area contributed by atoms with Crippen LogP contribution in [-0.4, -0.2) is 9.97 Å². The van der Waals surface area contributed by atoms with Crippen LogP contribution in [0.4, 0.5) is 0 Å². The Labute approximate surface area is 346 Å². The van der Waals surface area contributed by atoms with Crippen molar-refractivity contribution in [3.8, 4) is 78.1 Å². The van der Waals surface area contributed by atoms with E-state index in [1.807, 2.05) is 30.6 Å². The van der Waals surface area contributed by atoms with Gasteiger partial charge in [0.25, 0.3) is 0 Å². The first-order valence-corrected chi connectivity index (χ1v) is 17.7. The topological polar surface area (TPSA) is 25.8 Å². The predicted octanol–water partition coefficient (Wildman–Crippen LogP) is 13.0. The van der Waals surface area contributed by atoms with Crippen LogP contribution in [0.15, 0.2) is 158 Å². The monoisotopic (exact) mass is 1050 g/mol. The standard InChI is InChI=1S/C50H38N2.2Ir/c1-33-26-34(2)29-42(28-33)45-11-6-5-10-44(45)41-23-24-49(52-32-41)40-21-17-38(18-22-40)47-13-9-12-46(50(47)43-30-35(3)27-36(4)31-43)37-15-19-39(20-16-37)48-14-7-8-25-51-48;;/h5-19,21,23-32H,1-4H3;;/q-2;;. The van der Waals surface area contributed by atoms with Crippen LogP contribution in [0, 0.1) is 39.8 Å². The zero-order valence-corrected chi connectivity index (χ0v) is 35.4. The fourth-order valence-corrected chi connectivity index (χ4v) is 7.32. The van der Waals surface area contributed by atoms with E-state index >= 15 is 0 Å². The van der Waals surface area contributed by atoms with Crippen molar-refractivity contribution in [1.82, 2.24) is 9.97 Å². The van der Waals surface area contributed by atoms with E-state index in [9.17, 15) is 0 Å². The summed E-state index contributed by atoms with van der Waals surface area (Å²) in [5.41, 5.74) is 20.4. The number of benzene rings is 6. The molecule has 0 amide bonds. The average molecular weight is 1050 g/mol. The molecule has 0 saturated carbocycles. The molecular formula is C50H38Ir2N2-2. The maximum Gasteiger partial charge on any atom is 0.0239 e. The Hall–Kier alpha value is -5.08. The Morgan fingerprint density at radius 1 is 0.389 bits per heavy atom. The molecule has 8 rings (SSSR count). The van der Waals surface area contributed by atoms with Crippen molar-refractivity contribution < 1.29 is 40.2 Å². The molecule has 2 nitrogen and oxygen atoms in total. The van der Waals surface area contributed by atoms with E-state index in [4.69, 9.17) is 4.98 Å². The Bertz CT molecular complexity index is 2480. The maximum absolute atomic E-state index is 4.93. The van der Waals surface area contributed by atoms with Crippen LogP contribution in [0.25, 0.3) is 78.1 Å². The van der Waals surface area contributed by atoms with Crippen LogP contribution in [-0.2, 0) is 40.2 Å². The number of pyridine rings is 2. The second kappa shape index (κ2) is 16.9. The number of aromatic nitrogens is 2. The minimum Gasteiger partial charge on any atom is -0.305 e. The smallest absolute Gasteiger partial charge is 0.0239 e. The molecule has 6 aromatic carbocycles. The predicted molar refractivity (Wildman–Crippen MR) is 217 cm³/mol. The summed E-state index contributed by atoms with van der Waals surface area (Å²) >= 11 is 0. The van der Waals surface area contributed by atoms with Gasteiger partial charge >= 0.3 is 0 Å². The zero-order valence-electron chi connectivity index (χ0n) is 30.6. The van der Waals surface area contributed by atoms with Crippen molar-refractivity contribution in [2.75, 3.05) is 0 Å². The second-order valence-electron chi connectivity index (χ2n) is 13.7. The van der Waals surface area contributed by atoms with Gasteiger partial charge in [0.15, 0.2) is 0 Å². The molecule has 0 saturated heterocycles. The van der Waals surface area contributed by atoms with Crippen LogP contribution in [0.1, 0.15) is 22.3 Å². The molecule has 0 aliphatic carbocycles. The first-order valence-electron chi connectivity index (χ1n) is 17.7. The molecule has 0 aliphatic rings. The van der Waals surface area contributed by atoms with Gasteiger partial charge in [0.1, 0.15) is 0 Å². The largest absolute Gasteiger partial charge is 0.305 e. The third kappa shape index (κ3) is 8.19. The van der Waals surface area contributed by atoms with Crippen molar-refractivity contribution >= 4 is 0 Å². The van der Waals surface area contributed by atoms with E-state index in [1.54, 1.807) is 0 Å². The number of hydrogen-bond acceptors (Lipinski definition) is 2. The summed E-state index contributed by atoms with van der Waals surface area (Å²) in [6.45, 7) is 8.63. The fraction of sp³-hybridized carbons (Fsp3) is 0.0800. The number of nitrogens with zero attached hydrogens (tertiary/aromatic N) is 2. The molecule has 0 atom stereocenters. The van der Waals surface area contributed by atoms with Crippen molar-refractivity contribution in [3.05, 3.63) is 192 Å². The summed E-state index contributed by atoms with van der Waals surface area (Å²) in [5.74, 6) is 0. The minimum absolute atomic E-state index is 0. The van der Waals surface area contributed by atoms with Crippen LogP contribution in [0.3, 0.4) is 0 Å². The van der Waals surface area contributed by atoms with Gasteiger partial charge in [-0.3, -0.25) is 0 Å². The van der Waals surface area contributed by atoms with Gasteiger partial charge in [0.05, 0.1) is 0 Å². The maximum atomic E-state index is 4.93. The zero-order chi connectivity index (χ0) is 35.6. The molecule has 0 spiro atoms. The Kier molecular flexibility index (Phi) is 12.1. The average Bonchev–Trinajstić information content (AvgIpc) is 3.17. The summed E-state index contributed by atoms with van der Waals surface area (Å²) in [5, 5.41) is 0. The van der Waals surface area contributed by atoms with Crippen LogP contribution in [0.2, 0.25) is 0 Å². The van der Waals surface area contributed by atoms with Gasteiger partial charge in [-0.1, -0.05) is 148 Å². The Morgan fingerprint density at radius 3 is 1.35 bits per heavy atom. The van der Waals surface area contributed by atoms with Crippen LogP contribution >= 0.6 is 0 Å². The molecule has 2 radical (unpaired) electrons. The first-order chi connectivity index (χ1) is 25.4. The molecule has 54 heavy (non-hydrogen) atoms. The summed E-state index contributed by atoms with van der Waals surface area (Å²) < 4.78 is 0. The van der Waals surface area contributed by atoms with E-state index < -0.39 is 0 Å². The summed E-state index contributed by atoms with van der Waals surface area (Å²) in [7, 11) is 0. The quantitative estimate of drug-likeness (QED) is 0.149. The van der Waals surface area contributed by atoms with E-state index in [0.29, 0.717) is 0 Å². The molecule has 0 unspecified atom stereocenters. The molecular weight excluding hydrogens is 1010 g/mol. The molecule has 268 valence electrons. The molecule has 2 aromatic heterocycles. The third-order valence-corrected chi connectivity index (χ3v) is 9.57. The number of rotatable bonds is 7. The van der Waals surface area contributed by atoms with E-state index in [0.717, 1.165) is 50.3 Å². The van der Waals surface area contributed by atoms with Crippen molar-refractivity contribution in [1.29, 1.82) is 0 Å². The number of aryl methyl sites for hydroxylation is 4. The fourth-order valence-electron chi connectivity index (χ4n) is 7.32. The van der Waals surface area contributed by atoms with Gasteiger partial charge in [-0.15, -0.1) is 59.7 Å². The molecule has 0 bridgehead atoms. The SMILES string of the molecule is Cc1cc(C)cc(-c2ccccc2-c2ccc(-c3[c-]cc(-c4cccc(-c5c[c-]c(-c6ccccn6)cc5)c4-c4cc(C)cc(C)c4)cc3)nc2)c1.[Ir].[Ir]. The van der Waals surface area contributed by atoms with Crippen molar-refractivity contribution in [3.63, 3.8) is 0 Å². The van der Waals surface area contributed by atoms with Gasteiger partial charge in [-0.05, 0) is 78.5 Å². The van der Waals surface area contributed by atoms with Crippen LogP contribution in [0.5, 0.6) is 0 Å². The molecule has 8 aromatic rings. The number of hydrogen-bond donors (Lipinski definition) is 0. The Morgan fingerprint density at radius 2 is 0.870 bits per heavy atom. The van der Waals surface area contributed by atoms with Gasteiger partial charge < -0.3 is 9.97 Å².